The van der Waals surface area contributed by atoms with Crippen molar-refractivity contribution in [2.45, 2.75) is 0 Å². The molecule has 0 saturated heterocycles. The van der Waals surface area contributed by atoms with E-state index in [0.717, 1.165) is 28.2 Å². The first-order valence-electron chi connectivity index (χ1n) is 11.9. The number of rotatable bonds is 6. The lowest BCUT2D eigenvalue weighted by molar-refractivity contribution is -0.672. The van der Waals surface area contributed by atoms with E-state index in [2.05, 4.69) is 5.27 Å². The number of thiophene rings is 1. The van der Waals surface area contributed by atoms with Crippen LogP contribution in [0.2, 0.25) is 0 Å². The molecule has 0 atom stereocenters. The van der Waals surface area contributed by atoms with E-state index in [1.807, 2.05) is 0 Å². The Balaban J connectivity index is 1.58. The third-order valence-corrected chi connectivity index (χ3v) is 7.45. The Bertz CT molecular complexity index is 1900. The van der Waals surface area contributed by atoms with E-state index in [9.17, 15) is 14.3 Å². The highest BCUT2D eigenvalue weighted by atomic mass is 32.1. The third-order valence-electron chi connectivity index (χ3n) is 6.35. The van der Waals surface area contributed by atoms with Crippen LogP contribution in [0.3, 0.4) is 0 Å². The highest BCUT2D eigenvalue weighted by Gasteiger charge is 2.37. The maximum absolute atomic E-state index is 15.1. The van der Waals surface area contributed by atoms with Crippen molar-refractivity contribution in [3.05, 3.63) is 101 Å². The molecule has 40 heavy (non-hydrogen) atoms. The second-order valence-electron chi connectivity index (χ2n) is 8.74. The number of hydrogen-bond acceptors (Lipinski definition) is 8. The molecule has 0 aliphatic rings. The average molecular weight is 558 g/mol. The molecule has 198 valence electrons. The summed E-state index contributed by atoms with van der Waals surface area (Å²) >= 11 is 0.976. The van der Waals surface area contributed by atoms with Gasteiger partial charge in [-0.2, -0.15) is 0 Å². The molecule has 0 saturated carbocycles. The van der Waals surface area contributed by atoms with Crippen LogP contribution in [0.1, 0.15) is 15.4 Å². The molecule has 3 heterocycles. The molecule has 0 unspecified atom stereocenters. The Morgan fingerprint density at radius 1 is 1.02 bits per heavy atom. The lowest BCUT2D eigenvalue weighted by Crippen LogP contribution is -2.38. The van der Waals surface area contributed by atoms with Crippen molar-refractivity contribution in [2.75, 3.05) is 12.8 Å². The SMILES string of the molecule is COc1ccc(-c2cc(-c3ccc(F)cc3F)c3c(N)c(C(=O)c4c(O)on[n+]4-c4ccccc4)sc3n2)cc1. The van der Waals surface area contributed by atoms with Crippen LogP contribution in [0.4, 0.5) is 14.5 Å². The number of fused-ring (bicyclic) bond motifs is 1. The van der Waals surface area contributed by atoms with Gasteiger partial charge in [0.1, 0.15) is 27.1 Å². The summed E-state index contributed by atoms with van der Waals surface area (Å²) in [5.74, 6) is -2.25. The zero-order valence-electron chi connectivity index (χ0n) is 20.8. The number of pyridine rings is 1. The minimum Gasteiger partial charge on any atom is -0.497 e. The predicted molar refractivity (Wildman–Crippen MR) is 145 cm³/mol. The van der Waals surface area contributed by atoms with Gasteiger partial charge in [0.2, 0.25) is 11.0 Å². The first-order chi connectivity index (χ1) is 19.4. The lowest BCUT2D eigenvalue weighted by atomic mass is 9.98. The number of benzene rings is 3. The fraction of sp³-hybridized carbons (Fsp3) is 0.0345. The number of aromatic hydroxyl groups is 1. The number of nitrogen functional groups attached to an aromatic ring is 1. The van der Waals surface area contributed by atoms with Gasteiger partial charge in [-0.1, -0.05) is 18.2 Å². The first-order valence-corrected chi connectivity index (χ1v) is 12.7. The van der Waals surface area contributed by atoms with Crippen molar-refractivity contribution in [2.24, 2.45) is 0 Å². The highest BCUT2D eigenvalue weighted by Crippen LogP contribution is 2.43. The summed E-state index contributed by atoms with van der Waals surface area (Å²) in [6, 6.07) is 20.6. The molecule has 11 heteroatoms. The van der Waals surface area contributed by atoms with Crippen molar-refractivity contribution in [3.8, 4) is 39.8 Å². The Kier molecular flexibility index (Phi) is 6.20. The summed E-state index contributed by atoms with van der Waals surface area (Å²) in [4.78, 5) is 18.9. The molecule has 8 nitrogen and oxygen atoms in total. The highest BCUT2D eigenvalue weighted by molar-refractivity contribution is 7.21. The lowest BCUT2D eigenvalue weighted by Gasteiger charge is -2.10. The molecular formula is C29H19F2N4O4S+. The van der Waals surface area contributed by atoms with E-state index in [0.29, 0.717) is 38.5 Å². The molecule has 0 amide bonds. The number of ether oxygens (including phenoxy) is 1. The zero-order valence-corrected chi connectivity index (χ0v) is 21.6. The van der Waals surface area contributed by atoms with E-state index in [-0.39, 0.29) is 21.8 Å². The molecule has 0 spiro atoms. The van der Waals surface area contributed by atoms with Gasteiger partial charge in [0.05, 0.1) is 18.5 Å². The Hall–Kier alpha value is -5.16. The second-order valence-corrected chi connectivity index (χ2v) is 9.73. The Morgan fingerprint density at radius 2 is 1.77 bits per heavy atom. The molecule has 0 radical (unpaired) electrons. The van der Waals surface area contributed by atoms with Crippen LogP contribution in [0.15, 0.2) is 83.4 Å². The zero-order chi connectivity index (χ0) is 28.0. The molecule has 3 N–H and O–H groups in total. The van der Waals surface area contributed by atoms with Crippen LogP contribution in [0.25, 0.3) is 38.3 Å². The van der Waals surface area contributed by atoms with Crippen molar-refractivity contribution < 1.29 is 32.6 Å². The Morgan fingerprint density at radius 3 is 2.48 bits per heavy atom. The largest absolute Gasteiger partial charge is 0.497 e. The number of nitrogens with two attached hydrogens (primary N) is 1. The van der Waals surface area contributed by atoms with Gasteiger partial charge < -0.3 is 15.6 Å². The van der Waals surface area contributed by atoms with Gasteiger partial charge in [0.25, 0.3) is 5.78 Å². The molecule has 0 aliphatic carbocycles. The molecule has 0 bridgehead atoms. The van der Waals surface area contributed by atoms with Crippen LogP contribution in [0.5, 0.6) is 11.7 Å². The first kappa shape index (κ1) is 25.1. The van der Waals surface area contributed by atoms with E-state index >= 15 is 4.39 Å². The summed E-state index contributed by atoms with van der Waals surface area (Å²) < 4.78 is 40.2. The summed E-state index contributed by atoms with van der Waals surface area (Å²) in [7, 11) is 1.55. The fourth-order valence-electron chi connectivity index (χ4n) is 4.42. The number of hydrogen-bond donors (Lipinski definition) is 2. The number of nitrogens with zero attached hydrogens (tertiary/aromatic N) is 3. The van der Waals surface area contributed by atoms with Gasteiger partial charge in [0.15, 0.2) is 0 Å². The minimum absolute atomic E-state index is 0.0257. The molecular weight excluding hydrogens is 538 g/mol. The predicted octanol–water partition coefficient (Wildman–Crippen LogP) is 5.70. The number of carbonyl (C=O) groups excluding carboxylic acids is 1. The number of para-hydroxylation sites is 1. The number of halogens is 2. The van der Waals surface area contributed by atoms with Gasteiger partial charge in [-0.15, -0.1) is 11.3 Å². The van der Waals surface area contributed by atoms with Crippen molar-refractivity contribution in [1.29, 1.82) is 0 Å². The number of anilines is 1. The smallest absolute Gasteiger partial charge is 0.393 e. The molecule has 0 fully saturated rings. The minimum atomic E-state index is -0.801. The third kappa shape index (κ3) is 4.22. The van der Waals surface area contributed by atoms with Crippen molar-refractivity contribution in [1.82, 2.24) is 10.3 Å². The van der Waals surface area contributed by atoms with Gasteiger partial charge in [-0.25, -0.2) is 13.8 Å². The van der Waals surface area contributed by atoms with Gasteiger partial charge in [0, 0.05) is 39.4 Å². The summed E-state index contributed by atoms with van der Waals surface area (Å²) in [6.45, 7) is 0. The second kappa shape index (κ2) is 9.86. The molecule has 3 aromatic heterocycles. The monoisotopic (exact) mass is 557 g/mol. The fourth-order valence-corrected chi connectivity index (χ4v) is 5.48. The van der Waals surface area contributed by atoms with Crippen LogP contribution >= 0.6 is 11.3 Å². The maximum Gasteiger partial charge on any atom is 0.393 e. The van der Waals surface area contributed by atoms with E-state index in [4.69, 9.17) is 20.0 Å². The Labute approximate surface area is 229 Å². The van der Waals surface area contributed by atoms with Gasteiger partial charge >= 0.3 is 11.6 Å². The van der Waals surface area contributed by atoms with Crippen LogP contribution in [-0.4, -0.2) is 28.3 Å². The average Bonchev–Trinajstić information content (AvgIpc) is 3.52. The molecule has 0 aliphatic heterocycles. The van der Waals surface area contributed by atoms with Crippen LogP contribution in [-0.2, 0) is 0 Å². The number of ketones is 1. The van der Waals surface area contributed by atoms with Crippen LogP contribution in [0, 0.1) is 11.6 Å². The summed E-state index contributed by atoms with van der Waals surface area (Å²) in [6.07, 6.45) is 0. The maximum atomic E-state index is 15.1. The topological polar surface area (TPSA) is 115 Å². The molecule has 6 aromatic rings. The normalized spacial score (nSPS) is 11.2. The molecule has 3 aromatic carbocycles. The van der Waals surface area contributed by atoms with E-state index < -0.39 is 23.4 Å². The number of methoxy groups -OCH3 is 1. The van der Waals surface area contributed by atoms with Gasteiger partial charge in [-0.3, -0.25) is 9.32 Å². The quantitative estimate of drug-likeness (QED) is 0.199. The number of aromatic nitrogens is 3. The van der Waals surface area contributed by atoms with E-state index in [1.54, 1.807) is 67.8 Å². The van der Waals surface area contributed by atoms with Crippen molar-refractivity contribution >= 4 is 33.0 Å². The van der Waals surface area contributed by atoms with Gasteiger partial charge in [-0.05, 0) is 48.0 Å². The van der Waals surface area contributed by atoms with Crippen molar-refractivity contribution in [3.63, 3.8) is 0 Å². The standard InChI is InChI=1S/C29H18F2N4O4S/c1-38-18-10-7-15(8-11-18)22-14-20(19-12-9-16(30)13-21(19)31)23-24(32)27(40-28(23)33-22)26(36)25-29(37)39-34-35(25)17-5-3-2-4-6-17/h2-14H,1H3,(H2-,32,34,36,37)/p+1. The van der Waals surface area contributed by atoms with E-state index in [1.165, 1.54) is 6.07 Å². The summed E-state index contributed by atoms with van der Waals surface area (Å²) in [5, 5.41) is 14.5. The summed E-state index contributed by atoms with van der Waals surface area (Å²) in [5.41, 5.74) is 8.36. The van der Waals surface area contributed by atoms with Crippen LogP contribution < -0.4 is 15.2 Å². The molecule has 6 rings (SSSR count). The number of carbonyl (C=O) groups is 1.